The molecule has 0 atom stereocenters. The van der Waals surface area contributed by atoms with E-state index in [0.29, 0.717) is 24.8 Å². The van der Waals surface area contributed by atoms with Crippen molar-refractivity contribution >= 4 is 0 Å². The van der Waals surface area contributed by atoms with Crippen LogP contribution in [0.4, 0.5) is 0 Å². The van der Waals surface area contributed by atoms with Gasteiger partial charge in [-0.25, -0.2) is 9.97 Å². The third kappa shape index (κ3) is 5.09. The Morgan fingerprint density at radius 2 is 1.91 bits per heavy atom. The predicted octanol–water partition coefficient (Wildman–Crippen LogP) is 2.62. The molecule has 5 nitrogen and oxygen atoms in total. The summed E-state index contributed by atoms with van der Waals surface area (Å²) in [6.45, 7) is 2.26. The van der Waals surface area contributed by atoms with Crippen molar-refractivity contribution in [1.29, 1.82) is 0 Å². The van der Waals surface area contributed by atoms with E-state index in [1.54, 1.807) is 19.5 Å². The summed E-state index contributed by atoms with van der Waals surface area (Å²) in [5.41, 5.74) is 2.08. The molecule has 1 aromatic heterocycles. The monoisotopic (exact) mass is 301 g/mol. The molecule has 0 amide bonds. The molecular weight excluding hydrogens is 278 g/mol. The lowest BCUT2D eigenvalue weighted by atomic mass is 10.1. The van der Waals surface area contributed by atoms with E-state index in [1.165, 1.54) is 0 Å². The summed E-state index contributed by atoms with van der Waals surface area (Å²) in [6, 6.07) is 8.04. The Morgan fingerprint density at radius 3 is 2.59 bits per heavy atom. The lowest BCUT2D eigenvalue weighted by molar-refractivity contribution is 0.185. The van der Waals surface area contributed by atoms with E-state index < -0.39 is 0 Å². The lowest BCUT2D eigenvalue weighted by Gasteiger charge is -2.10. The highest BCUT2D eigenvalue weighted by atomic mass is 16.5. The van der Waals surface area contributed by atoms with Gasteiger partial charge in [-0.2, -0.15) is 0 Å². The average molecular weight is 301 g/mol. The van der Waals surface area contributed by atoms with E-state index in [2.05, 4.69) is 29.0 Å². The van der Waals surface area contributed by atoms with Crippen LogP contribution in [0.1, 0.15) is 12.0 Å². The van der Waals surface area contributed by atoms with E-state index >= 15 is 0 Å². The van der Waals surface area contributed by atoms with Gasteiger partial charge in [0.2, 0.25) is 0 Å². The quantitative estimate of drug-likeness (QED) is 0.701. The number of benzene rings is 1. The molecule has 5 heteroatoms. The Bertz CT molecular complexity index is 570. The molecule has 0 unspecified atom stereocenters. The third-order valence-corrected chi connectivity index (χ3v) is 3.14. The molecule has 0 saturated carbocycles. The van der Waals surface area contributed by atoms with Gasteiger partial charge in [0.15, 0.2) is 11.6 Å². The third-order valence-electron chi connectivity index (χ3n) is 3.14. The van der Waals surface area contributed by atoms with Crippen molar-refractivity contribution in [3.63, 3.8) is 0 Å². The topological polar surface area (TPSA) is 47.5 Å². The van der Waals surface area contributed by atoms with E-state index in [4.69, 9.17) is 9.47 Å². The lowest BCUT2D eigenvalue weighted by Crippen LogP contribution is -2.15. The zero-order valence-electron chi connectivity index (χ0n) is 13.5. The Kier molecular flexibility index (Phi) is 6.30. The number of hydrogen-bond donors (Lipinski definition) is 0. The molecule has 1 aromatic carbocycles. The van der Waals surface area contributed by atoms with Crippen LogP contribution in [0.15, 0.2) is 36.7 Å². The molecule has 0 aliphatic rings. The number of hydrogen-bond acceptors (Lipinski definition) is 5. The average Bonchev–Trinajstić information content (AvgIpc) is 2.53. The molecule has 0 aliphatic heterocycles. The largest absolute Gasteiger partial charge is 0.490 e. The van der Waals surface area contributed by atoms with E-state index in [0.717, 1.165) is 24.1 Å². The van der Waals surface area contributed by atoms with Gasteiger partial charge >= 0.3 is 0 Å². The fourth-order valence-corrected chi connectivity index (χ4v) is 2.08. The summed E-state index contributed by atoms with van der Waals surface area (Å²) in [6.07, 6.45) is 4.43. The molecule has 0 spiro atoms. The standard InChI is InChI=1S/C17H23N3O2/c1-20(2)8-5-9-22-16-11-18-17(19-12-16)15-7-4-6-14(10-15)13-21-3/h4,6-7,10-12H,5,8-9,13H2,1-3H3. The normalized spacial score (nSPS) is 10.9. The van der Waals surface area contributed by atoms with Crippen molar-refractivity contribution in [2.75, 3.05) is 34.4 Å². The molecule has 118 valence electrons. The highest BCUT2D eigenvalue weighted by Crippen LogP contribution is 2.18. The van der Waals surface area contributed by atoms with Crippen molar-refractivity contribution in [3.8, 4) is 17.1 Å². The first-order chi connectivity index (χ1) is 10.7. The molecule has 0 saturated heterocycles. The second kappa shape index (κ2) is 8.46. The maximum Gasteiger partial charge on any atom is 0.159 e. The second-order valence-electron chi connectivity index (χ2n) is 5.38. The predicted molar refractivity (Wildman–Crippen MR) is 86.8 cm³/mol. The van der Waals surface area contributed by atoms with Crippen molar-refractivity contribution in [1.82, 2.24) is 14.9 Å². The Morgan fingerprint density at radius 1 is 1.14 bits per heavy atom. The minimum Gasteiger partial charge on any atom is -0.490 e. The van der Waals surface area contributed by atoms with Crippen LogP contribution in [0.3, 0.4) is 0 Å². The van der Waals surface area contributed by atoms with Crippen molar-refractivity contribution in [2.45, 2.75) is 13.0 Å². The first kappa shape index (κ1) is 16.4. The van der Waals surface area contributed by atoms with Crippen LogP contribution in [-0.4, -0.2) is 49.2 Å². The minimum absolute atomic E-state index is 0.584. The van der Waals surface area contributed by atoms with Gasteiger partial charge in [0.05, 0.1) is 25.6 Å². The molecule has 22 heavy (non-hydrogen) atoms. The highest BCUT2D eigenvalue weighted by Gasteiger charge is 2.03. The SMILES string of the molecule is COCc1cccc(-c2ncc(OCCCN(C)C)cn2)c1. The molecule has 2 rings (SSSR count). The van der Waals surface area contributed by atoms with E-state index in [1.807, 2.05) is 24.3 Å². The fraction of sp³-hybridized carbons (Fsp3) is 0.412. The van der Waals surface area contributed by atoms with Gasteiger partial charge < -0.3 is 14.4 Å². The van der Waals surface area contributed by atoms with Gasteiger partial charge in [0, 0.05) is 19.2 Å². The van der Waals surface area contributed by atoms with Gasteiger partial charge in [0.1, 0.15) is 0 Å². The van der Waals surface area contributed by atoms with E-state index in [9.17, 15) is 0 Å². The van der Waals surface area contributed by atoms with Gasteiger partial charge in [-0.05, 0) is 32.1 Å². The molecule has 1 heterocycles. The second-order valence-corrected chi connectivity index (χ2v) is 5.38. The Hall–Kier alpha value is -1.98. The van der Waals surface area contributed by atoms with Crippen LogP contribution < -0.4 is 4.74 Å². The zero-order chi connectivity index (χ0) is 15.8. The Labute approximate surface area is 131 Å². The summed E-state index contributed by atoms with van der Waals surface area (Å²) in [5, 5.41) is 0. The fourth-order valence-electron chi connectivity index (χ4n) is 2.08. The number of nitrogens with zero attached hydrogens (tertiary/aromatic N) is 3. The molecule has 0 aliphatic carbocycles. The number of rotatable bonds is 8. The van der Waals surface area contributed by atoms with Crippen molar-refractivity contribution < 1.29 is 9.47 Å². The van der Waals surface area contributed by atoms with Crippen LogP contribution in [0.5, 0.6) is 5.75 Å². The summed E-state index contributed by atoms with van der Waals surface area (Å²) in [4.78, 5) is 10.9. The first-order valence-electron chi connectivity index (χ1n) is 7.37. The van der Waals surface area contributed by atoms with Crippen LogP contribution >= 0.6 is 0 Å². The molecule has 0 bridgehead atoms. The number of aromatic nitrogens is 2. The maximum absolute atomic E-state index is 5.64. The number of methoxy groups -OCH3 is 1. The van der Waals surface area contributed by atoms with Crippen LogP contribution in [0.2, 0.25) is 0 Å². The summed E-state index contributed by atoms with van der Waals surface area (Å²) in [7, 11) is 5.79. The molecule has 0 N–H and O–H groups in total. The molecule has 0 fully saturated rings. The highest BCUT2D eigenvalue weighted by molar-refractivity contribution is 5.55. The van der Waals surface area contributed by atoms with Crippen molar-refractivity contribution in [3.05, 3.63) is 42.2 Å². The van der Waals surface area contributed by atoms with Gasteiger partial charge in [-0.3, -0.25) is 0 Å². The van der Waals surface area contributed by atoms with E-state index in [-0.39, 0.29) is 0 Å². The maximum atomic E-state index is 5.64. The summed E-state index contributed by atoms with van der Waals surface area (Å²) < 4.78 is 10.8. The van der Waals surface area contributed by atoms with Crippen LogP contribution in [0, 0.1) is 0 Å². The van der Waals surface area contributed by atoms with Crippen LogP contribution in [-0.2, 0) is 11.3 Å². The minimum atomic E-state index is 0.584. The van der Waals surface area contributed by atoms with Crippen LogP contribution in [0.25, 0.3) is 11.4 Å². The van der Waals surface area contributed by atoms with Crippen molar-refractivity contribution in [2.24, 2.45) is 0 Å². The smallest absolute Gasteiger partial charge is 0.159 e. The van der Waals surface area contributed by atoms with Gasteiger partial charge in [0.25, 0.3) is 0 Å². The zero-order valence-corrected chi connectivity index (χ0v) is 13.5. The molecule has 2 aromatic rings. The van der Waals surface area contributed by atoms with Gasteiger partial charge in [-0.1, -0.05) is 18.2 Å². The summed E-state index contributed by atoms with van der Waals surface area (Å²) in [5.74, 6) is 1.40. The summed E-state index contributed by atoms with van der Waals surface area (Å²) >= 11 is 0. The number of ether oxygens (including phenoxy) is 2. The first-order valence-corrected chi connectivity index (χ1v) is 7.37. The van der Waals surface area contributed by atoms with Gasteiger partial charge in [-0.15, -0.1) is 0 Å². The molecule has 0 radical (unpaired) electrons. The Balaban J connectivity index is 1.95. The molecular formula is C17H23N3O2.